The lowest BCUT2D eigenvalue weighted by Gasteiger charge is -2.58. The number of carbonyl (C=O) groups is 2. The van der Waals surface area contributed by atoms with Gasteiger partial charge in [-0.1, -0.05) is 6.42 Å². The molecular formula is C13H24N2O3. The molecule has 0 aromatic heterocycles. The van der Waals surface area contributed by atoms with Gasteiger partial charge in [0.2, 0.25) is 5.91 Å². The molecule has 5 heteroatoms. The van der Waals surface area contributed by atoms with E-state index in [1.165, 1.54) is 0 Å². The molecule has 0 heterocycles. The predicted octanol–water partition coefficient (Wildman–Crippen LogP) is 1.95. The number of carbonyl (C=O) groups excluding carboxylic acids is 2. The number of rotatable bonds is 2. The van der Waals surface area contributed by atoms with E-state index in [0.29, 0.717) is 12.8 Å². The largest absolute Gasteiger partial charge is 0.444 e. The quantitative estimate of drug-likeness (QED) is 0.792. The lowest BCUT2D eigenvalue weighted by atomic mass is 9.49. The van der Waals surface area contributed by atoms with Crippen LogP contribution in [0.3, 0.4) is 0 Å². The third-order valence-corrected chi connectivity index (χ3v) is 3.95. The van der Waals surface area contributed by atoms with Crippen molar-refractivity contribution in [1.29, 1.82) is 0 Å². The van der Waals surface area contributed by atoms with Gasteiger partial charge in [-0.25, -0.2) is 4.79 Å². The second-order valence-corrected chi connectivity index (χ2v) is 6.76. The van der Waals surface area contributed by atoms with E-state index in [1.54, 1.807) is 0 Å². The fourth-order valence-corrected chi connectivity index (χ4v) is 3.33. The normalized spacial score (nSPS) is 34.4. The van der Waals surface area contributed by atoms with Gasteiger partial charge in [-0.05, 0) is 46.5 Å². The summed E-state index contributed by atoms with van der Waals surface area (Å²) in [6.07, 6.45) is 3.60. The van der Waals surface area contributed by atoms with Gasteiger partial charge in [0.25, 0.3) is 0 Å². The first-order chi connectivity index (χ1) is 8.17. The summed E-state index contributed by atoms with van der Waals surface area (Å²) in [7, 11) is 0. The molecule has 0 aromatic rings. The number of ether oxygens (including phenoxy) is 1. The van der Waals surface area contributed by atoms with Crippen molar-refractivity contribution < 1.29 is 15.8 Å². The number of primary amides is 1. The Morgan fingerprint density at radius 1 is 1.28 bits per heavy atom. The van der Waals surface area contributed by atoms with Gasteiger partial charge in [-0.2, -0.15) is 0 Å². The van der Waals surface area contributed by atoms with E-state index >= 15 is 0 Å². The van der Waals surface area contributed by atoms with Crippen LogP contribution in [0, 0.1) is 5.41 Å². The van der Waals surface area contributed by atoms with Gasteiger partial charge in [0, 0.05) is 6.97 Å². The zero-order chi connectivity index (χ0) is 13.6. The highest BCUT2D eigenvalue weighted by molar-refractivity contribution is 5.83. The summed E-state index contributed by atoms with van der Waals surface area (Å²) < 4.78 is 5.26. The Balaban J connectivity index is 0.00000180. The van der Waals surface area contributed by atoms with Gasteiger partial charge < -0.3 is 15.8 Å². The first-order valence-corrected chi connectivity index (χ1v) is 6.48. The lowest BCUT2D eigenvalue weighted by Crippen LogP contribution is -2.68. The Morgan fingerprint density at radius 3 is 2.39 bits per heavy atom. The molecule has 3 rings (SSSR count). The third-order valence-electron chi connectivity index (χ3n) is 3.95. The van der Waals surface area contributed by atoms with Crippen molar-refractivity contribution in [3.63, 3.8) is 0 Å². The van der Waals surface area contributed by atoms with Gasteiger partial charge in [0.1, 0.15) is 5.60 Å². The number of alkyl carbamates (subject to hydrolysis) is 1. The molecule has 0 saturated heterocycles. The van der Waals surface area contributed by atoms with E-state index in [1.807, 2.05) is 20.8 Å². The van der Waals surface area contributed by atoms with Crippen LogP contribution in [-0.2, 0) is 9.53 Å². The molecule has 0 spiro atoms. The molecule has 0 unspecified atom stereocenters. The molecule has 3 saturated carbocycles. The van der Waals surface area contributed by atoms with E-state index in [0.717, 1.165) is 19.3 Å². The van der Waals surface area contributed by atoms with Crippen molar-refractivity contribution in [2.45, 2.75) is 64.0 Å². The molecule has 2 bridgehead atoms. The van der Waals surface area contributed by atoms with Crippen LogP contribution in [0.4, 0.5) is 4.79 Å². The number of hydrogen-bond donors (Lipinski definition) is 2. The summed E-state index contributed by atoms with van der Waals surface area (Å²) in [5, 5.41) is 2.93. The van der Waals surface area contributed by atoms with Crippen molar-refractivity contribution in [2.75, 3.05) is 0 Å². The minimum atomic E-state index is -0.500. The number of hydrogen-bond acceptors (Lipinski definition) is 3. The zero-order valence-electron chi connectivity index (χ0n) is 11.3. The maximum absolute atomic E-state index is 11.8. The van der Waals surface area contributed by atoms with Crippen LogP contribution in [0.25, 0.3) is 0 Å². The second kappa shape index (κ2) is 3.87. The van der Waals surface area contributed by atoms with Gasteiger partial charge in [-0.3, -0.25) is 4.79 Å². The van der Waals surface area contributed by atoms with E-state index in [2.05, 4.69) is 5.32 Å². The maximum Gasteiger partial charge on any atom is 0.408 e. The van der Waals surface area contributed by atoms with Gasteiger partial charge in [0.15, 0.2) is 0 Å². The summed E-state index contributed by atoms with van der Waals surface area (Å²) in [5.74, 6) is -0.233. The van der Waals surface area contributed by atoms with Gasteiger partial charge >= 0.3 is 6.09 Å². The Hall–Kier alpha value is -1.26. The fourth-order valence-electron chi connectivity index (χ4n) is 3.33. The highest BCUT2D eigenvalue weighted by atomic mass is 16.6. The highest BCUT2D eigenvalue weighted by Gasteiger charge is 2.61. The zero-order valence-corrected chi connectivity index (χ0v) is 11.3. The van der Waals surface area contributed by atoms with Crippen LogP contribution in [0.5, 0.6) is 0 Å². The Labute approximate surface area is 109 Å². The summed E-state index contributed by atoms with van der Waals surface area (Å²) >= 11 is 0. The molecule has 3 N–H and O–H groups in total. The minimum Gasteiger partial charge on any atom is -0.444 e. The number of fused-ring (bicyclic) bond motifs is 2. The monoisotopic (exact) mass is 256 g/mol. The summed E-state index contributed by atoms with van der Waals surface area (Å²) in [6, 6.07) is 0. The summed E-state index contributed by atoms with van der Waals surface area (Å²) in [6.45, 7) is 5.50. The molecule has 104 valence electrons. The molecule has 5 nitrogen and oxygen atoms in total. The molecule has 3 fully saturated rings. The molecule has 3 aliphatic carbocycles. The topological polar surface area (TPSA) is 81.4 Å². The van der Waals surface area contributed by atoms with Crippen LogP contribution in [-0.4, -0.2) is 23.1 Å². The van der Waals surface area contributed by atoms with Crippen molar-refractivity contribution in [3.05, 3.63) is 0 Å². The van der Waals surface area contributed by atoms with Crippen LogP contribution in [0.15, 0.2) is 0 Å². The van der Waals surface area contributed by atoms with Crippen molar-refractivity contribution in [2.24, 2.45) is 11.1 Å². The van der Waals surface area contributed by atoms with Crippen molar-refractivity contribution in [3.8, 4) is 0 Å². The second-order valence-electron chi connectivity index (χ2n) is 6.76. The van der Waals surface area contributed by atoms with Crippen LogP contribution in [0.1, 0.15) is 54.3 Å². The first-order valence-electron chi connectivity index (χ1n) is 6.48. The van der Waals surface area contributed by atoms with E-state index < -0.39 is 11.7 Å². The highest BCUT2D eigenvalue weighted by Crippen LogP contribution is 2.58. The molecule has 18 heavy (non-hydrogen) atoms. The summed E-state index contributed by atoms with van der Waals surface area (Å²) in [5.41, 5.74) is 4.30. The van der Waals surface area contributed by atoms with E-state index in [9.17, 15) is 9.59 Å². The average Bonchev–Trinajstić information content (AvgIpc) is 2.12. The number of nitrogens with one attached hydrogen (secondary N) is 1. The SMILES string of the molecule is CC(C)(C)OC(=O)NC12CCCC(C(N)=O)(C1)C2.[HH]. The molecule has 0 aromatic carbocycles. The van der Waals surface area contributed by atoms with E-state index in [4.69, 9.17) is 10.5 Å². The minimum absolute atomic E-state index is 0. The Morgan fingerprint density at radius 2 is 1.89 bits per heavy atom. The molecule has 0 radical (unpaired) electrons. The van der Waals surface area contributed by atoms with E-state index in [-0.39, 0.29) is 18.3 Å². The Kier molecular flexibility index (Phi) is 2.83. The van der Waals surface area contributed by atoms with Crippen molar-refractivity contribution in [1.82, 2.24) is 5.32 Å². The maximum atomic E-state index is 11.8. The molecular weight excluding hydrogens is 232 g/mol. The number of nitrogens with two attached hydrogens (primary N) is 1. The molecule has 2 amide bonds. The molecule has 3 aliphatic rings. The van der Waals surface area contributed by atoms with Gasteiger partial charge in [0.05, 0.1) is 5.41 Å². The Bertz CT molecular complexity index is 384. The third kappa shape index (κ3) is 2.31. The molecule has 0 aliphatic heterocycles. The standard InChI is InChI=1S/C13H22N2O3.H2/c1-11(2,3)18-10(17)15-13-6-4-5-12(7-13,8-13)9(14)16;/h4-8H2,1-3H3,(H2,14,16)(H,15,17);1H. The average molecular weight is 256 g/mol. The van der Waals surface area contributed by atoms with Gasteiger partial charge in [-0.15, -0.1) is 0 Å². The fraction of sp³-hybridized carbons (Fsp3) is 0.846. The smallest absolute Gasteiger partial charge is 0.408 e. The van der Waals surface area contributed by atoms with Crippen LogP contribution >= 0.6 is 0 Å². The summed E-state index contributed by atoms with van der Waals surface area (Å²) in [4.78, 5) is 23.2. The molecule has 0 atom stereocenters. The first kappa shape index (κ1) is 13.2. The van der Waals surface area contributed by atoms with Crippen LogP contribution < -0.4 is 11.1 Å². The van der Waals surface area contributed by atoms with Crippen molar-refractivity contribution >= 4 is 12.0 Å². The predicted molar refractivity (Wildman–Crippen MR) is 68.9 cm³/mol. The van der Waals surface area contributed by atoms with Crippen LogP contribution in [0.2, 0.25) is 0 Å². The lowest BCUT2D eigenvalue weighted by molar-refractivity contribution is -0.145. The number of amides is 2.